The zero-order chi connectivity index (χ0) is 20.2. The lowest BCUT2D eigenvalue weighted by atomic mass is 9.86. The lowest BCUT2D eigenvalue weighted by Gasteiger charge is -2.18. The molecule has 2 fully saturated rings. The van der Waals surface area contributed by atoms with Crippen LogP contribution in [0.3, 0.4) is 0 Å². The number of carbonyl (C=O) groups excluding carboxylic acids is 3. The molecule has 0 N–H and O–H groups in total. The van der Waals surface area contributed by atoms with Gasteiger partial charge in [0.15, 0.2) is 0 Å². The third kappa shape index (κ3) is 5.76. The molecule has 0 aromatic carbocycles. The first-order valence-electron chi connectivity index (χ1n) is 9.42. The Morgan fingerprint density at radius 2 is 2.11 bits per heavy atom. The molecule has 2 rings (SSSR count). The lowest BCUT2D eigenvalue weighted by Crippen LogP contribution is -2.21. The van der Waals surface area contributed by atoms with Crippen LogP contribution >= 0.6 is 0 Å². The van der Waals surface area contributed by atoms with Gasteiger partial charge in [-0.05, 0) is 52.0 Å². The van der Waals surface area contributed by atoms with E-state index in [0.717, 1.165) is 0 Å². The summed E-state index contributed by atoms with van der Waals surface area (Å²) in [4.78, 5) is 34.5. The monoisotopic (exact) mass is 378 g/mol. The van der Waals surface area contributed by atoms with Crippen LogP contribution in [0.2, 0.25) is 0 Å². The van der Waals surface area contributed by atoms with Crippen LogP contribution in [0.5, 0.6) is 0 Å². The molecule has 0 aliphatic carbocycles. The highest BCUT2D eigenvalue weighted by atomic mass is 16.6. The highest BCUT2D eigenvalue weighted by molar-refractivity contribution is 5.88. The number of ketones is 1. The number of cyclic esters (lactones) is 1. The fourth-order valence-electron chi connectivity index (χ4n) is 3.51. The molecule has 27 heavy (non-hydrogen) atoms. The van der Waals surface area contributed by atoms with Crippen LogP contribution in [0.25, 0.3) is 0 Å². The molecule has 0 bridgehead atoms. The Morgan fingerprint density at radius 1 is 1.41 bits per heavy atom. The van der Waals surface area contributed by atoms with Crippen LogP contribution < -0.4 is 0 Å². The summed E-state index contributed by atoms with van der Waals surface area (Å²) < 4.78 is 16.0. The Hall–Kier alpha value is -1.95. The Bertz CT molecular complexity index is 651. The maximum absolute atomic E-state index is 11.8. The fourth-order valence-corrected chi connectivity index (χ4v) is 3.51. The maximum Gasteiger partial charge on any atom is 0.333 e. The third-order valence-corrected chi connectivity index (χ3v) is 5.49. The molecule has 4 atom stereocenters. The van der Waals surface area contributed by atoms with E-state index in [1.165, 1.54) is 14.0 Å². The van der Waals surface area contributed by atoms with Crippen LogP contribution in [0.4, 0.5) is 0 Å². The highest BCUT2D eigenvalue weighted by Gasteiger charge is 2.52. The minimum Gasteiger partial charge on any atom is -0.466 e. The highest BCUT2D eigenvalue weighted by Crippen LogP contribution is 2.45. The molecule has 0 radical (unpaired) electrons. The first kappa shape index (κ1) is 21.4. The Kier molecular flexibility index (Phi) is 6.63. The van der Waals surface area contributed by atoms with Gasteiger partial charge >= 0.3 is 11.9 Å². The van der Waals surface area contributed by atoms with Gasteiger partial charge in [0, 0.05) is 24.8 Å². The number of esters is 2. The Balaban J connectivity index is 1.91. The van der Waals surface area contributed by atoms with Crippen LogP contribution in [-0.2, 0) is 28.6 Å². The largest absolute Gasteiger partial charge is 0.466 e. The molecule has 1 unspecified atom stereocenters. The maximum atomic E-state index is 11.8. The molecule has 2 aliphatic rings. The summed E-state index contributed by atoms with van der Waals surface area (Å²) in [5.41, 5.74) is -0.459. The SMILES string of the molecule is C=C(C(=O)OC)[C@H](CCC(C)=O)C[C@@H]1O[C@@]1(C)C/C=C/C1(C)CCC(=O)O1. The molecule has 6 nitrogen and oxygen atoms in total. The van der Waals surface area contributed by atoms with Crippen LogP contribution in [-0.4, -0.2) is 42.1 Å². The number of rotatable bonds is 10. The summed E-state index contributed by atoms with van der Waals surface area (Å²) in [6, 6.07) is 0. The van der Waals surface area contributed by atoms with Gasteiger partial charge in [0.05, 0.1) is 18.8 Å². The average Bonchev–Trinajstić information content (AvgIpc) is 3.10. The number of carbonyl (C=O) groups is 3. The van der Waals surface area contributed by atoms with Crippen molar-refractivity contribution in [3.05, 3.63) is 24.3 Å². The summed E-state index contributed by atoms with van der Waals surface area (Å²) in [6.07, 6.45) is 7.32. The van der Waals surface area contributed by atoms with E-state index >= 15 is 0 Å². The number of epoxide rings is 1. The van der Waals surface area contributed by atoms with E-state index in [4.69, 9.17) is 14.2 Å². The van der Waals surface area contributed by atoms with E-state index in [1.54, 1.807) is 0 Å². The van der Waals surface area contributed by atoms with E-state index in [-0.39, 0.29) is 29.4 Å². The van der Waals surface area contributed by atoms with E-state index in [2.05, 4.69) is 6.58 Å². The summed E-state index contributed by atoms with van der Waals surface area (Å²) in [5, 5.41) is 0. The minimum atomic E-state index is -0.527. The van der Waals surface area contributed by atoms with Gasteiger partial charge in [-0.1, -0.05) is 12.7 Å². The summed E-state index contributed by atoms with van der Waals surface area (Å²) in [7, 11) is 1.33. The lowest BCUT2D eigenvalue weighted by molar-refractivity contribution is -0.144. The second-order valence-corrected chi connectivity index (χ2v) is 8.00. The predicted molar refractivity (Wildman–Crippen MR) is 99.9 cm³/mol. The standard InChI is InChI=1S/C21H30O6/c1-14(22)7-8-16(15(2)19(24)25-5)13-17-21(4,26-17)11-6-10-20(3)12-9-18(23)27-20/h6,10,16-17H,2,7-9,11-13H2,1,3-5H3/b10-6+/t16-,17+,20?,21+/m1/s1. The van der Waals surface area contributed by atoms with Crippen molar-refractivity contribution in [1.82, 2.24) is 0 Å². The van der Waals surface area contributed by atoms with Crippen molar-refractivity contribution >= 4 is 17.7 Å². The molecular formula is C21H30O6. The van der Waals surface area contributed by atoms with Crippen LogP contribution in [0.1, 0.15) is 59.3 Å². The Morgan fingerprint density at radius 3 is 2.67 bits per heavy atom. The zero-order valence-electron chi connectivity index (χ0n) is 16.7. The van der Waals surface area contributed by atoms with Gasteiger partial charge in [-0.25, -0.2) is 4.79 Å². The quantitative estimate of drug-likeness (QED) is 0.251. The molecule has 2 saturated heterocycles. The zero-order valence-corrected chi connectivity index (χ0v) is 16.7. The van der Waals surface area contributed by atoms with Crippen molar-refractivity contribution in [2.75, 3.05) is 7.11 Å². The van der Waals surface area contributed by atoms with Crippen molar-refractivity contribution < 1.29 is 28.6 Å². The molecule has 2 heterocycles. The minimum absolute atomic E-state index is 0.0144. The number of hydrogen-bond acceptors (Lipinski definition) is 6. The van der Waals surface area contributed by atoms with Gasteiger partial charge in [-0.2, -0.15) is 0 Å². The smallest absolute Gasteiger partial charge is 0.333 e. The van der Waals surface area contributed by atoms with Crippen molar-refractivity contribution in [2.45, 2.75) is 76.6 Å². The van der Waals surface area contributed by atoms with Crippen LogP contribution in [0.15, 0.2) is 24.3 Å². The number of hydrogen-bond donors (Lipinski definition) is 0. The molecule has 0 aromatic rings. The predicted octanol–water partition coefficient (Wildman–Crippen LogP) is 3.29. The van der Waals surface area contributed by atoms with Gasteiger partial charge in [0.2, 0.25) is 0 Å². The molecule has 2 aliphatic heterocycles. The number of ether oxygens (including phenoxy) is 3. The molecule has 0 spiro atoms. The molecule has 6 heteroatoms. The first-order chi connectivity index (χ1) is 12.6. The van der Waals surface area contributed by atoms with Crippen LogP contribution in [0, 0.1) is 5.92 Å². The molecule has 0 saturated carbocycles. The second kappa shape index (κ2) is 8.38. The molecule has 0 amide bonds. The topological polar surface area (TPSA) is 82.2 Å². The normalized spacial score (nSPS) is 30.8. The van der Waals surface area contributed by atoms with E-state index in [1.807, 2.05) is 26.0 Å². The number of Topliss-reactive ketones (excluding diaryl/α,β-unsaturated/α-hetero) is 1. The molecule has 0 aromatic heterocycles. The van der Waals surface area contributed by atoms with Gasteiger partial charge in [0.1, 0.15) is 11.4 Å². The van der Waals surface area contributed by atoms with E-state index in [0.29, 0.717) is 44.1 Å². The summed E-state index contributed by atoms with van der Waals surface area (Å²) in [6.45, 7) is 9.32. The van der Waals surface area contributed by atoms with Gasteiger partial charge in [-0.3, -0.25) is 4.79 Å². The molecular weight excluding hydrogens is 348 g/mol. The van der Waals surface area contributed by atoms with E-state index < -0.39 is 11.6 Å². The summed E-state index contributed by atoms with van der Waals surface area (Å²) in [5.74, 6) is -0.671. The fraction of sp³-hybridized carbons (Fsp3) is 0.667. The summed E-state index contributed by atoms with van der Waals surface area (Å²) >= 11 is 0. The van der Waals surface area contributed by atoms with Gasteiger partial charge < -0.3 is 19.0 Å². The Labute approximate surface area is 160 Å². The van der Waals surface area contributed by atoms with E-state index in [9.17, 15) is 14.4 Å². The van der Waals surface area contributed by atoms with Gasteiger partial charge in [0.25, 0.3) is 0 Å². The average molecular weight is 378 g/mol. The van der Waals surface area contributed by atoms with Gasteiger partial charge in [-0.15, -0.1) is 0 Å². The van der Waals surface area contributed by atoms with Crippen molar-refractivity contribution in [3.63, 3.8) is 0 Å². The van der Waals surface area contributed by atoms with Crippen molar-refractivity contribution in [2.24, 2.45) is 5.92 Å². The second-order valence-electron chi connectivity index (χ2n) is 8.00. The van der Waals surface area contributed by atoms with Crippen molar-refractivity contribution in [1.29, 1.82) is 0 Å². The molecule has 150 valence electrons. The van der Waals surface area contributed by atoms with Crippen molar-refractivity contribution in [3.8, 4) is 0 Å². The number of methoxy groups -OCH3 is 1. The first-order valence-corrected chi connectivity index (χ1v) is 9.42. The third-order valence-electron chi connectivity index (χ3n) is 5.49.